The van der Waals surface area contributed by atoms with E-state index >= 15 is 0 Å². The summed E-state index contributed by atoms with van der Waals surface area (Å²) in [5, 5.41) is 0. The molecule has 3 aromatic rings. The van der Waals surface area contributed by atoms with Gasteiger partial charge in [-0.05, 0) is 42.8 Å². The zero-order chi connectivity index (χ0) is 20.9. The van der Waals surface area contributed by atoms with Crippen molar-refractivity contribution in [3.05, 3.63) is 95.3 Å². The van der Waals surface area contributed by atoms with Gasteiger partial charge in [0.15, 0.2) is 0 Å². The van der Waals surface area contributed by atoms with Crippen LogP contribution in [-0.2, 0) is 21.0 Å². The fraction of sp³-hybridized carbons (Fsp3) is 0.167. The summed E-state index contributed by atoms with van der Waals surface area (Å²) in [6.07, 6.45) is 0. The summed E-state index contributed by atoms with van der Waals surface area (Å²) in [4.78, 5) is 29.0. The van der Waals surface area contributed by atoms with Crippen molar-refractivity contribution in [2.45, 2.75) is 18.3 Å². The Balaban J connectivity index is 1.64. The minimum Gasteiger partial charge on any atom is -0.304 e. The van der Waals surface area contributed by atoms with Crippen LogP contribution < -0.4 is 9.80 Å². The summed E-state index contributed by atoms with van der Waals surface area (Å²) in [6.45, 7) is 2.22. The third-order valence-electron chi connectivity index (χ3n) is 5.59. The predicted octanol–water partition coefficient (Wildman–Crippen LogP) is 4.61. The second kappa shape index (κ2) is 6.99. The molecule has 1 fully saturated rings. The fourth-order valence-electron chi connectivity index (χ4n) is 4.22. The lowest BCUT2D eigenvalue weighted by atomic mass is 10.0. The van der Waals surface area contributed by atoms with E-state index in [0.29, 0.717) is 11.3 Å². The molecule has 0 aromatic heterocycles. The Morgan fingerprint density at radius 2 is 1.77 bits per heavy atom. The number of carbonyl (C=O) groups is 2. The van der Waals surface area contributed by atoms with Crippen molar-refractivity contribution in [2.75, 3.05) is 15.6 Å². The van der Waals surface area contributed by atoms with Crippen molar-refractivity contribution < 1.29 is 14.0 Å². The van der Waals surface area contributed by atoms with Crippen molar-refractivity contribution in [1.29, 1.82) is 0 Å². The first-order valence-electron chi connectivity index (χ1n) is 9.70. The van der Waals surface area contributed by atoms with E-state index in [1.165, 1.54) is 23.9 Å². The summed E-state index contributed by atoms with van der Waals surface area (Å²) in [6, 6.07) is 21.5. The molecule has 0 aliphatic carbocycles. The molecule has 1 atom stereocenters. The fourth-order valence-corrected chi connectivity index (χ4v) is 5.58. The maximum atomic E-state index is 13.9. The molecule has 30 heavy (non-hydrogen) atoms. The van der Waals surface area contributed by atoms with Gasteiger partial charge in [-0.3, -0.25) is 14.5 Å². The molecular formula is C24H19FN2O2S. The van der Waals surface area contributed by atoms with Crippen LogP contribution in [0.4, 0.5) is 15.8 Å². The summed E-state index contributed by atoms with van der Waals surface area (Å²) < 4.78 is 13.7. The van der Waals surface area contributed by atoms with Crippen molar-refractivity contribution in [2.24, 2.45) is 0 Å². The van der Waals surface area contributed by atoms with Crippen molar-refractivity contribution in [3.63, 3.8) is 0 Å². The number of hydrogen-bond acceptors (Lipinski definition) is 3. The minimum atomic E-state index is -1.14. The van der Waals surface area contributed by atoms with Crippen LogP contribution in [0.25, 0.3) is 0 Å². The number of amides is 2. The van der Waals surface area contributed by atoms with Crippen LogP contribution in [0.1, 0.15) is 16.7 Å². The van der Waals surface area contributed by atoms with E-state index in [-0.39, 0.29) is 29.9 Å². The molecule has 1 spiro atoms. The number of thioether (sulfide) groups is 1. The first-order valence-corrected chi connectivity index (χ1v) is 10.7. The molecule has 0 bridgehead atoms. The van der Waals surface area contributed by atoms with Crippen LogP contribution in [0.15, 0.2) is 72.8 Å². The lowest BCUT2D eigenvalue weighted by molar-refractivity contribution is -0.123. The van der Waals surface area contributed by atoms with Gasteiger partial charge < -0.3 is 4.90 Å². The van der Waals surface area contributed by atoms with Crippen LogP contribution >= 0.6 is 11.8 Å². The molecule has 0 unspecified atom stereocenters. The summed E-state index contributed by atoms with van der Waals surface area (Å²) in [7, 11) is 0. The van der Waals surface area contributed by atoms with Gasteiger partial charge in [0.25, 0.3) is 5.91 Å². The van der Waals surface area contributed by atoms with E-state index in [1.807, 2.05) is 55.5 Å². The Morgan fingerprint density at radius 1 is 1.00 bits per heavy atom. The van der Waals surface area contributed by atoms with Crippen LogP contribution in [0.5, 0.6) is 0 Å². The maximum absolute atomic E-state index is 13.9. The third kappa shape index (κ3) is 2.75. The second-order valence-corrected chi connectivity index (χ2v) is 8.70. The van der Waals surface area contributed by atoms with E-state index in [2.05, 4.69) is 0 Å². The number of para-hydroxylation sites is 1. The number of aryl methyl sites for hydroxylation is 1. The van der Waals surface area contributed by atoms with Crippen molar-refractivity contribution >= 4 is 35.0 Å². The minimum absolute atomic E-state index is 0.0976. The van der Waals surface area contributed by atoms with Crippen molar-refractivity contribution in [3.8, 4) is 0 Å². The van der Waals surface area contributed by atoms with Crippen molar-refractivity contribution in [1.82, 2.24) is 0 Å². The van der Waals surface area contributed by atoms with Crippen LogP contribution in [0.2, 0.25) is 0 Å². The molecular weight excluding hydrogens is 399 g/mol. The number of anilines is 2. The van der Waals surface area contributed by atoms with Gasteiger partial charge in [0, 0.05) is 11.3 Å². The highest BCUT2D eigenvalue weighted by molar-refractivity contribution is 8.02. The van der Waals surface area contributed by atoms with Gasteiger partial charge in [0.05, 0.1) is 18.0 Å². The van der Waals surface area contributed by atoms with E-state index in [9.17, 15) is 14.0 Å². The standard InChI is InChI=1S/C24H19FN2O2S/c1-16-9-11-19(12-10-16)27-22(28)15-30-24(27)20-7-2-3-8-21(20)26(23(24)29)14-17-5-4-6-18(25)13-17/h2-13H,14-15H2,1H3/t24-/m1/s1. The molecule has 150 valence electrons. The van der Waals surface area contributed by atoms with Crippen LogP contribution in [0, 0.1) is 12.7 Å². The van der Waals surface area contributed by atoms with Gasteiger partial charge in [0.2, 0.25) is 10.8 Å². The van der Waals surface area contributed by atoms with Crippen LogP contribution in [0.3, 0.4) is 0 Å². The Bertz CT molecular complexity index is 1160. The predicted molar refractivity (Wildman–Crippen MR) is 117 cm³/mol. The molecule has 0 N–H and O–H groups in total. The highest BCUT2D eigenvalue weighted by Crippen LogP contribution is 2.55. The lowest BCUT2D eigenvalue weighted by Crippen LogP contribution is -2.49. The van der Waals surface area contributed by atoms with Crippen LogP contribution in [-0.4, -0.2) is 17.6 Å². The first kappa shape index (κ1) is 18.9. The molecule has 4 nitrogen and oxygen atoms in total. The van der Waals surface area contributed by atoms with Gasteiger partial charge in [-0.2, -0.15) is 0 Å². The first-order chi connectivity index (χ1) is 14.5. The Morgan fingerprint density at radius 3 is 2.53 bits per heavy atom. The van der Waals surface area contributed by atoms with Gasteiger partial charge in [-0.25, -0.2) is 4.39 Å². The molecule has 2 aliphatic rings. The zero-order valence-electron chi connectivity index (χ0n) is 16.3. The van der Waals surface area contributed by atoms with E-state index in [1.54, 1.807) is 21.9 Å². The Kier molecular flexibility index (Phi) is 4.40. The monoisotopic (exact) mass is 418 g/mol. The number of carbonyl (C=O) groups excluding carboxylic acids is 2. The molecule has 2 aliphatic heterocycles. The molecule has 5 rings (SSSR count). The quantitative estimate of drug-likeness (QED) is 0.624. The number of benzene rings is 3. The highest BCUT2D eigenvalue weighted by Gasteiger charge is 2.60. The van der Waals surface area contributed by atoms with Gasteiger partial charge in [-0.1, -0.05) is 48.0 Å². The SMILES string of the molecule is Cc1ccc(N2C(=O)CS[C@]23C(=O)N(Cc2cccc(F)c2)c2ccccc23)cc1. The summed E-state index contributed by atoms with van der Waals surface area (Å²) >= 11 is 1.35. The molecule has 2 amide bonds. The van der Waals surface area contributed by atoms with Gasteiger partial charge in [0.1, 0.15) is 5.82 Å². The third-order valence-corrected chi connectivity index (χ3v) is 6.97. The number of rotatable bonds is 3. The zero-order valence-corrected chi connectivity index (χ0v) is 17.2. The smallest absolute Gasteiger partial charge is 0.269 e. The van der Waals surface area contributed by atoms with Gasteiger partial charge in [-0.15, -0.1) is 11.8 Å². The molecule has 0 saturated carbocycles. The second-order valence-electron chi connectivity index (χ2n) is 7.54. The Hall–Kier alpha value is -3.12. The number of fused-ring (bicyclic) bond motifs is 2. The molecule has 2 heterocycles. The topological polar surface area (TPSA) is 40.6 Å². The van der Waals surface area contributed by atoms with E-state index in [0.717, 1.165) is 16.8 Å². The van der Waals surface area contributed by atoms with Gasteiger partial charge >= 0.3 is 0 Å². The largest absolute Gasteiger partial charge is 0.304 e. The summed E-state index contributed by atoms with van der Waals surface area (Å²) in [5.41, 5.74) is 4.03. The summed E-state index contributed by atoms with van der Waals surface area (Å²) in [5.74, 6) is -0.389. The van der Waals surface area contributed by atoms with E-state index < -0.39 is 4.87 Å². The average Bonchev–Trinajstić information content (AvgIpc) is 3.20. The molecule has 1 saturated heterocycles. The number of halogens is 1. The van der Waals surface area contributed by atoms with E-state index in [4.69, 9.17) is 0 Å². The lowest BCUT2D eigenvalue weighted by Gasteiger charge is -2.33. The highest BCUT2D eigenvalue weighted by atomic mass is 32.2. The maximum Gasteiger partial charge on any atom is 0.269 e. The molecule has 0 radical (unpaired) electrons. The normalized spacial score (nSPS) is 20.3. The average molecular weight is 418 g/mol. The number of nitrogens with zero attached hydrogens (tertiary/aromatic N) is 2. The molecule has 3 aromatic carbocycles. The number of hydrogen-bond donors (Lipinski definition) is 0. The Labute approximate surface area is 178 Å². The molecule has 6 heteroatoms.